The van der Waals surface area contributed by atoms with Gasteiger partial charge in [0.2, 0.25) is 0 Å². The lowest BCUT2D eigenvalue weighted by Gasteiger charge is -2.09. The lowest BCUT2D eigenvalue weighted by Crippen LogP contribution is -2.33. The van der Waals surface area contributed by atoms with Crippen molar-refractivity contribution in [1.29, 1.82) is 0 Å². The van der Waals surface area contributed by atoms with Crippen LogP contribution in [0.25, 0.3) is 0 Å². The van der Waals surface area contributed by atoms with Gasteiger partial charge < -0.3 is 15.2 Å². The van der Waals surface area contributed by atoms with E-state index in [0.717, 1.165) is 5.56 Å². The first-order valence-corrected chi connectivity index (χ1v) is 5.09. The summed E-state index contributed by atoms with van der Waals surface area (Å²) in [5.41, 5.74) is 6.84. The Hall–Kier alpha value is -1.59. The first-order valence-electron chi connectivity index (χ1n) is 5.09. The van der Waals surface area contributed by atoms with Crippen molar-refractivity contribution >= 4 is 24.3 Å². The molecule has 0 heterocycles. The predicted octanol–water partition coefficient (Wildman–Crippen LogP) is 0.938. The number of hydrogen-bond acceptors (Lipinski definition) is 5. The number of ether oxygens (including phenoxy) is 2. The molecule has 0 amide bonds. The molecule has 1 atom stereocenters. The summed E-state index contributed by atoms with van der Waals surface area (Å²) in [5.74, 6) is -0.896. The minimum Gasteiger partial charge on any atom is -0.468 e. The highest BCUT2D eigenvalue weighted by Gasteiger charge is 2.15. The molecule has 0 aromatic heterocycles. The van der Waals surface area contributed by atoms with E-state index in [1.807, 2.05) is 0 Å². The van der Waals surface area contributed by atoms with Crippen molar-refractivity contribution in [3.8, 4) is 0 Å². The van der Waals surface area contributed by atoms with Gasteiger partial charge >= 0.3 is 11.9 Å². The fraction of sp³-hybridized carbons (Fsp3) is 0.333. The molecule has 18 heavy (non-hydrogen) atoms. The van der Waals surface area contributed by atoms with Gasteiger partial charge in [-0.05, 0) is 24.1 Å². The number of nitrogens with two attached hydrogens (primary N) is 1. The fourth-order valence-corrected chi connectivity index (χ4v) is 1.43. The molecule has 5 nitrogen and oxygen atoms in total. The number of carbonyl (C=O) groups is 2. The summed E-state index contributed by atoms with van der Waals surface area (Å²) in [6.45, 7) is 0. The van der Waals surface area contributed by atoms with E-state index in [1.54, 1.807) is 24.3 Å². The minimum atomic E-state index is -0.729. The number of methoxy groups -OCH3 is 2. The maximum Gasteiger partial charge on any atom is 0.337 e. The van der Waals surface area contributed by atoms with Crippen LogP contribution in [-0.4, -0.2) is 32.2 Å². The van der Waals surface area contributed by atoms with E-state index < -0.39 is 18.0 Å². The molecule has 1 aromatic rings. The maximum atomic E-state index is 11.3. The molecule has 0 saturated heterocycles. The van der Waals surface area contributed by atoms with Crippen LogP contribution in [0.4, 0.5) is 0 Å². The van der Waals surface area contributed by atoms with E-state index in [-0.39, 0.29) is 12.4 Å². The van der Waals surface area contributed by atoms with Crippen LogP contribution in [0, 0.1) is 0 Å². The largest absolute Gasteiger partial charge is 0.468 e. The van der Waals surface area contributed by atoms with Crippen LogP contribution in [0.3, 0.4) is 0 Å². The monoisotopic (exact) mass is 273 g/mol. The smallest absolute Gasteiger partial charge is 0.337 e. The van der Waals surface area contributed by atoms with Gasteiger partial charge in [-0.3, -0.25) is 4.79 Å². The molecule has 0 spiro atoms. The summed E-state index contributed by atoms with van der Waals surface area (Å²) >= 11 is 0. The van der Waals surface area contributed by atoms with Crippen LogP contribution < -0.4 is 5.73 Å². The average molecular weight is 274 g/mol. The van der Waals surface area contributed by atoms with Crippen molar-refractivity contribution in [2.45, 2.75) is 12.5 Å². The molecule has 2 N–H and O–H groups in total. The first-order chi connectivity index (χ1) is 8.08. The molecule has 0 aliphatic carbocycles. The summed E-state index contributed by atoms with van der Waals surface area (Å²) in [4.78, 5) is 22.4. The Kier molecular flexibility index (Phi) is 7.00. The van der Waals surface area contributed by atoms with Gasteiger partial charge in [-0.2, -0.15) is 0 Å². The Labute approximate surface area is 112 Å². The number of halogens is 1. The zero-order valence-corrected chi connectivity index (χ0v) is 11.0. The number of rotatable bonds is 4. The van der Waals surface area contributed by atoms with Crippen molar-refractivity contribution in [1.82, 2.24) is 0 Å². The van der Waals surface area contributed by atoms with Gasteiger partial charge in [-0.1, -0.05) is 12.1 Å². The molecule has 0 aliphatic rings. The van der Waals surface area contributed by atoms with E-state index in [1.165, 1.54) is 14.2 Å². The third-order valence-corrected chi connectivity index (χ3v) is 2.31. The SMILES string of the molecule is COC(=O)c1cccc(CC(N)C(=O)OC)c1.Cl. The van der Waals surface area contributed by atoms with E-state index in [2.05, 4.69) is 9.47 Å². The molecule has 100 valence electrons. The first kappa shape index (κ1) is 16.4. The van der Waals surface area contributed by atoms with E-state index in [9.17, 15) is 9.59 Å². The molecule has 0 aliphatic heterocycles. The van der Waals surface area contributed by atoms with Gasteiger partial charge in [-0.15, -0.1) is 12.4 Å². The van der Waals surface area contributed by atoms with Crippen LogP contribution in [0.2, 0.25) is 0 Å². The van der Waals surface area contributed by atoms with E-state index in [0.29, 0.717) is 12.0 Å². The minimum absolute atomic E-state index is 0. The summed E-state index contributed by atoms with van der Waals surface area (Å²) in [6.07, 6.45) is 0.317. The van der Waals surface area contributed by atoms with Crippen molar-refractivity contribution in [2.75, 3.05) is 14.2 Å². The fourth-order valence-electron chi connectivity index (χ4n) is 1.43. The number of hydrogen-bond donors (Lipinski definition) is 1. The Morgan fingerprint density at radius 2 is 1.94 bits per heavy atom. The lowest BCUT2D eigenvalue weighted by molar-refractivity contribution is -0.142. The molecule has 6 heteroatoms. The zero-order chi connectivity index (χ0) is 12.8. The highest BCUT2D eigenvalue weighted by molar-refractivity contribution is 5.89. The van der Waals surface area contributed by atoms with Crippen molar-refractivity contribution in [2.24, 2.45) is 5.73 Å². The average Bonchev–Trinajstić information content (AvgIpc) is 2.37. The van der Waals surface area contributed by atoms with Crippen LogP contribution in [-0.2, 0) is 20.7 Å². The van der Waals surface area contributed by atoms with Crippen molar-refractivity contribution in [3.05, 3.63) is 35.4 Å². The van der Waals surface area contributed by atoms with Crippen LogP contribution in [0.5, 0.6) is 0 Å². The topological polar surface area (TPSA) is 78.6 Å². The summed E-state index contributed by atoms with van der Waals surface area (Å²) in [7, 11) is 2.60. The third kappa shape index (κ3) is 4.35. The molecule has 1 unspecified atom stereocenters. The Morgan fingerprint density at radius 1 is 1.28 bits per heavy atom. The zero-order valence-electron chi connectivity index (χ0n) is 10.2. The molecule has 0 bridgehead atoms. The third-order valence-electron chi connectivity index (χ3n) is 2.31. The molecular weight excluding hydrogens is 258 g/mol. The van der Waals surface area contributed by atoms with Gasteiger partial charge in [0.1, 0.15) is 6.04 Å². The van der Waals surface area contributed by atoms with Gasteiger partial charge in [0.05, 0.1) is 19.8 Å². The Morgan fingerprint density at radius 3 is 2.50 bits per heavy atom. The lowest BCUT2D eigenvalue weighted by atomic mass is 10.0. The molecule has 0 fully saturated rings. The quantitative estimate of drug-likeness (QED) is 0.826. The summed E-state index contributed by atoms with van der Waals surface area (Å²) < 4.78 is 9.13. The van der Waals surface area contributed by atoms with Gasteiger partial charge in [0, 0.05) is 0 Å². The number of benzene rings is 1. The molecule has 0 saturated carbocycles. The number of esters is 2. The molecule has 0 radical (unpaired) electrons. The maximum absolute atomic E-state index is 11.3. The number of carbonyl (C=O) groups excluding carboxylic acids is 2. The van der Waals surface area contributed by atoms with Gasteiger partial charge in [0.15, 0.2) is 0 Å². The van der Waals surface area contributed by atoms with E-state index in [4.69, 9.17) is 5.73 Å². The van der Waals surface area contributed by atoms with Crippen molar-refractivity contribution in [3.63, 3.8) is 0 Å². The van der Waals surface area contributed by atoms with E-state index >= 15 is 0 Å². The van der Waals surface area contributed by atoms with Gasteiger partial charge in [-0.25, -0.2) is 4.79 Å². The molecule has 1 aromatic carbocycles. The van der Waals surface area contributed by atoms with Crippen LogP contribution >= 0.6 is 12.4 Å². The molecule has 1 rings (SSSR count). The summed E-state index contributed by atoms with van der Waals surface area (Å²) in [5, 5.41) is 0. The second-order valence-corrected chi connectivity index (χ2v) is 3.53. The Bertz CT molecular complexity index is 422. The van der Waals surface area contributed by atoms with Gasteiger partial charge in [0.25, 0.3) is 0 Å². The highest BCUT2D eigenvalue weighted by Crippen LogP contribution is 2.08. The second-order valence-electron chi connectivity index (χ2n) is 3.53. The standard InChI is InChI=1S/C12H15NO4.ClH/c1-16-11(14)9-5-3-4-8(6-9)7-10(13)12(15)17-2;/h3-6,10H,7,13H2,1-2H3;1H. The van der Waals surface area contributed by atoms with Crippen molar-refractivity contribution < 1.29 is 19.1 Å². The van der Waals surface area contributed by atoms with Crippen LogP contribution in [0.1, 0.15) is 15.9 Å². The normalized spacial score (nSPS) is 11.1. The highest BCUT2D eigenvalue weighted by atomic mass is 35.5. The van der Waals surface area contributed by atoms with Crippen LogP contribution in [0.15, 0.2) is 24.3 Å². The second kappa shape index (κ2) is 7.68. The molecular formula is C12H16ClNO4. The summed E-state index contributed by atoms with van der Waals surface area (Å²) in [6, 6.07) is 6.06. The predicted molar refractivity (Wildman–Crippen MR) is 68.7 cm³/mol. The Balaban J connectivity index is 0.00000289.